The summed E-state index contributed by atoms with van der Waals surface area (Å²) in [4.78, 5) is 0. The third-order valence-electron chi connectivity index (χ3n) is 4.94. The van der Waals surface area contributed by atoms with Crippen molar-refractivity contribution in [2.45, 2.75) is 52.0 Å². The molecule has 0 saturated heterocycles. The zero-order valence-electron chi connectivity index (χ0n) is 11.9. The second-order valence-corrected chi connectivity index (χ2v) is 9.12. The fourth-order valence-electron chi connectivity index (χ4n) is 3.97. The first kappa shape index (κ1) is 14.3. The average Bonchev–Trinajstić information content (AvgIpc) is 2.83. The van der Waals surface area contributed by atoms with Crippen molar-refractivity contribution < 1.29 is 8.42 Å². The lowest BCUT2D eigenvalue weighted by molar-refractivity contribution is 0.147. The number of fused-ring (bicyclic) bond motifs is 2. The summed E-state index contributed by atoms with van der Waals surface area (Å²) in [7, 11) is -2.83. The SMILES string of the molecule is CC(C)NCC1(CCS(C)(=O)=O)CC2CCC1C2. The maximum atomic E-state index is 11.5. The topological polar surface area (TPSA) is 46.2 Å². The van der Waals surface area contributed by atoms with Crippen molar-refractivity contribution in [1.82, 2.24) is 5.32 Å². The molecule has 2 fully saturated rings. The van der Waals surface area contributed by atoms with Crippen LogP contribution in [0.3, 0.4) is 0 Å². The van der Waals surface area contributed by atoms with Crippen molar-refractivity contribution in [3.63, 3.8) is 0 Å². The van der Waals surface area contributed by atoms with Gasteiger partial charge in [0.05, 0.1) is 5.75 Å². The maximum absolute atomic E-state index is 11.5. The average molecular weight is 273 g/mol. The summed E-state index contributed by atoms with van der Waals surface area (Å²) in [6.45, 7) is 5.33. The van der Waals surface area contributed by atoms with Crippen molar-refractivity contribution in [1.29, 1.82) is 0 Å². The van der Waals surface area contributed by atoms with E-state index in [1.54, 1.807) is 0 Å². The van der Waals surface area contributed by atoms with Crippen LogP contribution in [0.4, 0.5) is 0 Å². The molecule has 1 N–H and O–H groups in total. The van der Waals surface area contributed by atoms with Crippen LogP contribution in [-0.2, 0) is 9.84 Å². The molecular weight excluding hydrogens is 246 g/mol. The second-order valence-electron chi connectivity index (χ2n) is 6.86. The molecule has 0 aromatic heterocycles. The highest BCUT2D eigenvalue weighted by atomic mass is 32.2. The number of nitrogens with one attached hydrogen (secondary N) is 1. The Balaban J connectivity index is 2.03. The van der Waals surface area contributed by atoms with Gasteiger partial charge in [0.2, 0.25) is 0 Å². The van der Waals surface area contributed by atoms with E-state index < -0.39 is 9.84 Å². The van der Waals surface area contributed by atoms with Crippen molar-refractivity contribution in [2.24, 2.45) is 17.3 Å². The van der Waals surface area contributed by atoms with Crippen LogP contribution in [0.2, 0.25) is 0 Å². The van der Waals surface area contributed by atoms with Gasteiger partial charge in [-0.05, 0) is 42.9 Å². The van der Waals surface area contributed by atoms with E-state index in [-0.39, 0.29) is 5.41 Å². The van der Waals surface area contributed by atoms with Gasteiger partial charge in [0.25, 0.3) is 0 Å². The lowest BCUT2D eigenvalue weighted by Gasteiger charge is -2.38. The predicted molar refractivity (Wildman–Crippen MR) is 75.3 cm³/mol. The number of rotatable bonds is 6. The molecule has 0 aromatic carbocycles. The normalized spacial score (nSPS) is 35.6. The molecule has 2 bridgehead atoms. The van der Waals surface area contributed by atoms with Crippen LogP contribution in [0.1, 0.15) is 46.0 Å². The predicted octanol–water partition coefficient (Wildman–Crippen LogP) is 2.23. The summed E-state index contributed by atoms with van der Waals surface area (Å²) < 4.78 is 22.9. The Kier molecular flexibility index (Phi) is 4.07. The van der Waals surface area contributed by atoms with E-state index in [0.717, 1.165) is 24.8 Å². The van der Waals surface area contributed by atoms with Gasteiger partial charge in [-0.3, -0.25) is 0 Å². The zero-order valence-corrected chi connectivity index (χ0v) is 12.7. The van der Waals surface area contributed by atoms with Crippen LogP contribution in [-0.4, -0.2) is 33.0 Å². The molecule has 3 atom stereocenters. The van der Waals surface area contributed by atoms with Crippen LogP contribution in [0.25, 0.3) is 0 Å². The fourth-order valence-corrected chi connectivity index (χ4v) is 4.74. The second kappa shape index (κ2) is 5.12. The minimum Gasteiger partial charge on any atom is -0.314 e. The molecule has 2 aliphatic carbocycles. The molecule has 3 nitrogen and oxygen atoms in total. The molecule has 3 unspecified atom stereocenters. The Morgan fingerprint density at radius 2 is 2.06 bits per heavy atom. The van der Waals surface area contributed by atoms with Gasteiger partial charge in [0.1, 0.15) is 9.84 Å². The Hall–Kier alpha value is -0.0900. The lowest BCUT2D eigenvalue weighted by Crippen LogP contribution is -2.42. The van der Waals surface area contributed by atoms with E-state index in [4.69, 9.17) is 0 Å². The van der Waals surface area contributed by atoms with Gasteiger partial charge in [0, 0.05) is 18.8 Å². The van der Waals surface area contributed by atoms with Gasteiger partial charge < -0.3 is 5.32 Å². The molecule has 0 amide bonds. The fraction of sp³-hybridized carbons (Fsp3) is 1.00. The molecule has 0 spiro atoms. The third kappa shape index (κ3) is 3.27. The minimum absolute atomic E-state index is 0.260. The molecule has 0 aromatic rings. The van der Waals surface area contributed by atoms with Crippen molar-refractivity contribution in [2.75, 3.05) is 18.6 Å². The summed E-state index contributed by atoms with van der Waals surface area (Å²) in [6, 6.07) is 0.485. The largest absolute Gasteiger partial charge is 0.314 e. The van der Waals surface area contributed by atoms with E-state index in [0.29, 0.717) is 11.8 Å². The summed E-state index contributed by atoms with van der Waals surface area (Å²) in [6.07, 6.45) is 7.48. The van der Waals surface area contributed by atoms with Gasteiger partial charge in [-0.15, -0.1) is 0 Å². The van der Waals surface area contributed by atoms with Crippen LogP contribution in [0.5, 0.6) is 0 Å². The van der Waals surface area contributed by atoms with E-state index >= 15 is 0 Å². The molecular formula is C14H27NO2S. The number of hydrogen-bond donors (Lipinski definition) is 1. The first-order valence-corrected chi connectivity index (χ1v) is 9.28. The third-order valence-corrected chi connectivity index (χ3v) is 5.88. The number of hydrogen-bond acceptors (Lipinski definition) is 3. The van der Waals surface area contributed by atoms with Crippen LogP contribution >= 0.6 is 0 Å². The van der Waals surface area contributed by atoms with Crippen LogP contribution in [0, 0.1) is 17.3 Å². The molecule has 2 saturated carbocycles. The lowest BCUT2D eigenvalue weighted by atomic mass is 9.71. The molecule has 0 heterocycles. The Morgan fingerprint density at radius 1 is 1.33 bits per heavy atom. The Bertz CT molecular complexity index is 391. The molecule has 106 valence electrons. The van der Waals surface area contributed by atoms with Crippen molar-refractivity contribution in [3.8, 4) is 0 Å². The molecule has 2 rings (SSSR count). The smallest absolute Gasteiger partial charge is 0.147 e. The summed E-state index contributed by atoms with van der Waals surface area (Å²) in [5.41, 5.74) is 0.260. The molecule has 4 heteroatoms. The highest BCUT2D eigenvalue weighted by Gasteiger charge is 2.50. The standard InChI is InChI=1S/C14H27NO2S/c1-11(2)15-10-14(6-7-18(3,16)17)9-12-4-5-13(14)8-12/h11-13,15H,4-10H2,1-3H3. The summed E-state index contributed by atoms with van der Waals surface area (Å²) >= 11 is 0. The van der Waals surface area contributed by atoms with E-state index in [2.05, 4.69) is 19.2 Å². The van der Waals surface area contributed by atoms with Gasteiger partial charge in [0.15, 0.2) is 0 Å². The zero-order chi connectivity index (χ0) is 13.4. The van der Waals surface area contributed by atoms with E-state index in [9.17, 15) is 8.42 Å². The van der Waals surface area contributed by atoms with Gasteiger partial charge in [-0.25, -0.2) is 8.42 Å². The van der Waals surface area contributed by atoms with Gasteiger partial charge in [-0.2, -0.15) is 0 Å². The molecule has 18 heavy (non-hydrogen) atoms. The first-order valence-electron chi connectivity index (χ1n) is 7.22. The Morgan fingerprint density at radius 3 is 2.50 bits per heavy atom. The highest BCUT2D eigenvalue weighted by Crippen LogP contribution is 2.57. The quantitative estimate of drug-likeness (QED) is 0.807. The first-order chi connectivity index (χ1) is 8.31. The van der Waals surface area contributed by atoms with Crippen molar-refractivity contribution >= 4 is 9.84 Å². The summed E-state index contributed by atoms with van der Waals surface area (Å²) in [5.74, 6) is 1.98. The monoisotopic (exact) mass is 273 g/mol. The molecule has 0 radical (unpaired) electrons. The van der Waals surface area contributed by atoms with Crippen LogP contribution < -0.4 is 5.32 Å². The Labute approximate surface area is 112 Å². The number of sulfone groups is 1. The van der Waals surface area contributed by atoms with Crippen LogP contribution in [0.15, 0.2) is 0 Å². The van der Waals surface area contributed by atoms with Gasteiger partial charge >= 0.3 is 0 Å². The van der Waals surface area contributed by atoms with E-state index in [1.807, 2.05) is 0 Å². The van der Waals surface area contributed by atoms with E-state index in [1.165, 1.54) is 31.9 Å². The summed E-state index contributed by atoms with van der Waals surface area (Å²) in [5, 5.41) is 3.55. The molecule has 2 aliphatic rings. The minimum atomic E-state index is -2.83. The highest BCUT2D eigenvalue weighted by molar-refractivity contribution is 7.90. The maximum Gasteiger partial charge on any atom is 0.147 e. The van der Waals surface area contributed by atoms with Crippen molar-refractivity contribution in [3.05, 3.63) is 0 Å². The molecule has 0 aliphatic heterocycles. The van der Waals surface area contributed by atoms with Gasteiger partial charge in [-0.1, -0.05) is 20.3 Å².